The summed E-state index contributed by atoms with van der Waals surface area (Å²) < 4.78 is 41.2. The Morgan fingerprint density at radius 2 is 1.92 bits per heavy atom. The number of benzene rings is 1. The van der Waals surface area contributed by atoms with Gasteiger partial charge in [0.25, 0.3) is 0 Å². The lowest BCUT2D eigenvalue weighted by Gasteiger charge is -2.05. The van der Waals surface area contributed by atoms with E-state index < -0.39 is 11.7 Å². The maximum absolute atomic E-state index is 12.0. The van der Waals surface area contributed by atoms with Gasteiger partial charge in [0, 0.05) is 8.38 Å². The van der Waals surface area contributed by atoms with E-state index in [9.17, 15) is 13.2 Å². The number of aryl methyl sites for hydroxylation is 1. The van der Waals surface area contributed by atoms with Crippen molar-refractivity contribution in [2.45, 2.75) is 13.1 Å². The highest BCUT2D eigenvalue weighted by Crippen LogP contribution is 2.29. The highest BCUT2D eigenvalue weighted by Gasteiger charge is 2.29. The molecule has 0 saturated carbocycles. The first-order valence-corrected chi connectivity index (χ1v) is 3.14. The second-order valence-electron chi connectivity index (χ2n) is 2.37. The molecular formula is C8H8BF3. The minimum atomic E-state index is -4.22. The molecule has 0 N–H and O–H groups in total. The first kappa shape index (κ1) is 9.17. The van der Waals surface area contributed by atoms with Gasteiger partial charge in [-0.2, -0.15) is 13.2 Å². The zero-order valence-electron chi connectivity index (χ0n) is 7.52. The van der Waals surface area contributed by atoms with Crippen molar-refractivity contribution in [3.05, 3.63) is 35.4 Å². The van der Waals surface area contributed by atoms with Gasteiger partial charge in [-0.05, 0) is 14.3 Å². The number of hydrogen-bond donors (Lipinski definition) is 0. The van der Waals surface area contributed by atoms with E-state index in [0.29, 0.717) is 5.56 Å². The Hall–Kier alpha value is -0.925. The van der Waals surface area contributed by atoms with Gasteiger partial charge in [-0.1, -0.05) is 23.8 Å². The van der Waals surface area contributed by atoms with Crippen LogP contribution < -0.4 is 0 Å². The molecule has 0 saturated heterocycles. The molecule has 0 nitrogen and oxygen atoms in total. The van der Waals surface area contributed by atoms with E-state index in [1.807, 2.05) is 0 Å². The molecule has 0 atom stereocenters. The Labute approximate surface area is 72.3 Å². The third-order valence-electron chi connectivity index (χ3n) is 1.35. The van der Waals surface area contributed by atoms with Crippen LogP contribution in [0, 0.1) is 6.92 Å². The van der Waals surface area contributed by atoms with E-state index >= 15 is 0 Å². The van der Waals surface area contributed by atoms with Gasteiger partial charge in [-0.15, -0.1) is 0 Å². The van der Waals surface area contributed by atoms with Crippen molar-refractivity contribution in [3.8, 4) is 0 Å². The summed E-state index contributed by atoms with van der Waals surface area (Å²) >= 11 is 0. The van der Waals surface area contributed by atoms with Gasteiger partial charge in [0.05, 0.1) is 5.56 Å². The van der Waals surface area contributed by atoms with Gasteiger partial charge < -0.3 is 0 Å². The molecule has 4 heteroatoms. The summed E-state index contributed by atoms with van der Waals surface area (Å²) in [6.45, 7) is 1.63. The Morgan fingerprint density at radius 3 is 2.25 bits per heavy atom. The van der Waals surface area contributed by atoms with Gasteiger partial charge in [-0.3, -0.25) is 0 Å². The van der Waals surface area contributed by atoms with E-state index in [2.05, 4.69) is 8.38 Å². The average molecular weight is 173 g/mol. The molecule has 0 aliphatic heterocycles. The van der Waals surface area contributed by atoms with Crippen LogP contribution in [0.25, 0.3) is 0 Å². The van der Waals surface area contributed by atoms with Crippen LogP contribution in [0.4, 0.5) is 13.2 Å². The highest BCUT2D eigenvalue weighted by atomic mass is 19.4. The summed E-state index contributed by atoms with van der Waals surface area (Å²) in [6, 6.07) is 5.22. The number of halogens is 3. The second-order valence-corrected chi connectivity index (χ2v) is 2.37. The van der Waals surface area contributed by atoms with Crippen molar-refractivity contribution >= 4 is 8.38 Å². The monoisotopic (exact) mass is 173 g/mol. The zero-order valence-corrected chi connectivity index (χ0v) is 6.52. The summed E-state index contributed by atoms with van der Waals surface area (Å²) in [4.78, 5) is 0. The van der Waals surface area contributed by atoms with Gasteiger partial charge in [0.1, 0.15) is 0 Å². The van der Waals surface area contributed by atoms with Crippen LogP contribution >= 0.6 is 0 Å². The largest absolute Gasteiger partial charge is 0.416 e. The smallest absolute Gasteiger partial charge is 0.166 e. The van der Waals surface area contributed by atoms with Crippen molar-refractivity contribution in [1.29, 1.82) is 1.34 Å². The number of hydrogen-bond acceptors (Lipinski definition) is 0. The normalized spacial score (nSPS) is 11.2. The molecule has 0 aromatic heterocycles. The predicted molar refractivity (Wildman–Crippen MR) is 43.3 cm³/mol. The van der Waals surface area contributed by atoms with E-state index in [-0.39, 0.29) is 0 Å². The van der Waals surface area contributed by atoms with Crippen LogP contribution in [0.2, 0.25) is 0 Å². The van der Waals surface area contributed by atoms with Crippen LogP contribution in [-0.4, -0.2) is 9.71 Å². The molecule has 0 spiro atoms. The Morgan fingerprint density at radius 1 is 1.33 bits per heavy atom. The van der Waals surface area contributed by atoms with Crippen molar-refractivity contribution in [3.63, 3.8) is 0 Å². The molecule has 1 aromatic carbocycles. The Kier molecular flexibility index (Phi) is 2.79. The molecule has 64 valence electrons. The first-order chi connectivity index (χ1) is 6.00. The summed E-state index contributed by atoms with van der Waals surface area (Å²) in [6.07, 6.45) is -4.22. The maximum atomic E-state index is 12.0. The highest BCUT2D eigenvalue weighted by molar-refractivity contribution is 5.75. The van der Waals surface area contributed by atoms with E-state index in [0.717, 1.165) is 12.1 Å². The van der Waals surface area contributed by atoms with Gasteiger partial charge in [0.2, 0.25) is 0 Å². The number of rotatable bonds is 0. The summed E-state index contributed by atoms with van der Waals surface area (Å²) in [5, 5.41) is 0. The second kappa shape index (κ2) is 3.65. The molecule has 0 fully saturated rings. The fourth-order valence-electron chi connectivity index (χ4n) is 0.821. The summed E-state index contributed by atoms with van der Waals surface area (Å²) in [7, 11) is 3.75. The van der Waals surface area contributed by atoms with Crippen LogP contribution in [0.1, 0.15) is 11.1 Å². The van der Waals surface area contributed by atoms with Crippen LogP contribution in [-0.2, 0) is 6.18 Å². The predicted octanol–water partition coefficient (Wildman–Crippen LogP) is 2.37. The lowest BCUT2D eigenvalue weighted by atomic mass is 10.1. The van der Waals surface area contributed by atoms with E-state index in [1.165, 1.54) is 6.07 Å². The third kappa shape index (κ3) is 2.60. The van der Waals surface area contributed by atoms with Gasteiger partial charge in [-0.25, -0.2) is 0 Å². The van der Waals surface area contributed by atoms with Crippen LogP contribution in [0.3, 0.4) is 0 Å². The van der Waals surface area contributed by atoms with Gasteiger partial charge in [0.15, 0.2) is 0 Å². The quantitative estimate of drug-likeness (QED) is 0.528. The van der Waals surface area contributed by atoms with E-state index in [4.69, 9.17) is 1.34 Å². The molecule has 0 unspecified atom stereocenters. The molecule has 1 rings (SSSR count). The molecule has 0 aliphatic rings. The van der Waals surface area contributed by atoms with Crippen molar-refractivity contribution in [2.24, 2.45) is 0 Å². The fourth-order valence-corrected chi connectivity index (χ4v) is 0.821. The third-order valence-corrected chi connectivity index (χ3v) is 1.35. The van der Waals surface area contributed by atoms with Crippen molar-refractivity contribution < 1.29 is 13.2 Å². The molecule has 1 aromatic rings. The van der Waals surface area contributed by atoms with Crippen molar-refractivity contribution in [2.75, 3.05) is 0 Å². The lowest BCUT2D eigenvalue weighted by molar-refractivity contribution is -0.137. The summed E-state index contributed by atoms with van der Waals surface area (Å²) in [5.41, 5.74) is 0.0392. The Balaban J connectivity index is 0.000000671. The molecule has 2 radical (unpaired) electrons. The van der Waals surface area contributed by atoms with Crippen LogP contribution in [0.5, 0.6) is 0 Å². The molecule has 0 aliphatic carbocycles. The lowest BCUT2D eigenvalue weighted by Crippen LogP contribution is -2.04. The number of alkyl halides is 3. The van der Waals surface area contributed by atoms with Crippen molar-refractivity contribution in [1.82, 2.24) is 0 Å². The molecular weight excluding hydrogens is 164 g/mol. The first-order valence-electron chi connectivity index (χ1n) is 3.72. The van der Waals surface area contributed by atoms with Crippen LogP contribution in [0.15, 0.2) is 24.3 Å². The maximum Gasteiger partial charge on any atom is 0.416 e. The summed E-state index contributed by atoms with van der Waals surface area (Å²) in [5.74, 6) is 0. The zero-order chi connectivity index (χ0) is 10.5. The molecule has 12 heavy (non-hydrogen) atoms. The molecule has 0 amide bonds. The molecule has 0 heterocycles. The minimum absolute atomic E-state index is 0.586. The minimum Gasteiger partial charge on any atom is -0.166 e. The standard InChI is InChI=1S/C8H7F3.BH/c1-6-3-2-4-7(5-6)8(9,10)11;/h2-5H,1H3;1H/i;1D. The van der Waals surface area contributed by atoms with Gasteiger partial charge >= 0.3 is 6.18 Å². The fraction of sp³-hybridized carbons (Fsp3) is 0.250. The van der Waals surface area contributed by atoms with E-state index in [1.54, 1.807) is 13.0 Å². The Bertz CT molecular complexity index is 260. The SMILES string of the molecule is Cc1cccc(C(F)(F)F)c1.[2H][B]. The average Bonchev–Trinajstić information content (AvgIpc) is 2.06. The molecule has 0 bridgehead atoms. The topological polar surface area (TPSA) is 0 Å².